The molecule has 2 aromatic heterocycles. The Morgan fingerprint density at radius 3 is 1.56 bits per heavy atom. The topological polar surface area (TPSA) is 26.3 Å². The minimum absolute atomic E-state index is 0.0248. The Hall–Kier alpha value is -7.16. The van der Waals surface area contributed by atoms with Crippen molar-refractivity contribution in [2.75, 3.05) is 0 Å². The average molecular weight is 710 g/mol. The monoisotopic (exact) mass is 709 g/mol. The molecule has 2 nitrogen and oxygen atoms in total. The van der Waals surface area contributed by atoms with E-state index in [1.54, 1.807) is 30.3 Å². The van der Waals surface area contributed by atoms with Crippen LogP contribution in [0.5, 0.6) is 0 Å². The van der Waals surface area contributed by atoms with Crippen LogP contribution in [0.1, 0.15) is 31.5 Å². The van der Waals surface area contributed by atoms with Crippen molar-refractivity contribution in [3.63, 3.8) is 0 Å². The third-order valence-corrected chi connectivity index (χ3v) is 9.62. The van der Waals surface area contributed by atoms with Crippen molar-refractivity contribution >= 4 is 87.0 Å². The van der Waals surface area contributed by atoms with Gasteiger partial charge in [-0.25, -0.2) is 0 Å². The maximum Gasteiger partial charge on any atom is 0.136 e. The number of benzene rings is 10. The summed E-state index contributed by atoms with van der Waals surface area (Å²) in [6, 6.07) is -4.97. The van der Waals surface area contributed by atoms with Gasteiger partial charge in [-0.1, -0.05) is 133 Å². The van der Waals surface area contributed by atoms with Crippen LogP contribution >= 0.6 is 0 Å². The van der Waals surface area contributed by atoms with Gasteiger partial charge in [0.2, 0.25) is 0 Å². The second-order valence-corrected chi connectivity index (χ2v) is 12.6. The summed E-state index contributed by atoms with van der Waals surface area (Å²) in [5.41, 5.74) is -3.90. The summed E-state index contributed by atoms with van der Waals surface area (Å²) in [7, 11) is 0. The van der Waals surface area contributed by atoms with E-state index in [1.165, 1.54) is 0 Å². The van der Waals surface area contributed by atoms with E-state index in [-0.39, 0.29) is 54.6 Å². The van der Waals surface area contributed by atoms with Crippen molar-refractivity contribution in [3.8, 4) is 33.4 Å². The third-order valence-electron chi connectivity index (χ3n) is 9.62. The molecule has 2 heterocycles. The Morgan fingerprint density at radius 2 is 0.852 bits per heavy atom. The molecule has 10 aromatic carbocycles. The quantitative estimate of drug-likeness (QED) is 0.171. The van der Waals surface area contributed by atoms with E-state index in [0.29, 0.717) is 5.39 Å². The van der Waals surface area contributed by atoms with Gasteiger partial charge in [0.05, 0.1) is 31.5 Å². The van der Waals surface area contributed by atoms with Crippen molar-refractivity contribution in [2.24, 2.45) is 0 Å². The van der Waals surface area contributed by atoms with E-state index in [1.807, 2.05) is 12.1 Å². The lowest BCUT2D eigenvalue weighted by atomic mass is 9.85. The van der Waals surface area contributed by atoms with Crippen LogP contribution in [-0.2, 0) is 0 Å². The lowest BCUT2D eigenvalue weighted by Crippen LogP contribution is -1.91. The Kier molecular flexibility index (Phi) is 3.12. The smallest absolute Gasteiger partial charge is 0.136 e. The van der Waals surface area contributed by atoms with E-state index < -0.39 is 194 Å². The van der Waals surface area contributed by atoms with Crippen molar-refractivity contribution in [2.45, 2.75) is 0 Å². The van der Waals surface area contributed by atoms with Crippen LogP contribution in [0.25, 0.3) is 120 Å². The molecule has 54 heavy (non-hydrogen) atoms. The number of hydrogen-bond donors (Lipinski definition) is 0. The summed E-state index contributed by atoms with van der Waals surface area (Å²) in [5.74, 6) is 0. The first-order valence-electron chi connectivity index (χ1n) is 28.1. The minimum Gasteiger partial charge on any atom is -0.456 e. The zero-order chi connectivity index (χ0) is 55.3. The summed E-state index contributed by atoms with van der Waals surface area (Å²) in [6.07, 6.45) is 0. The van der Waals surface area contributed by atoms with Gasteiger partial charge < -0.3 is 8.83 Å². The van der Waals surface area contributed by atoms with E-state index in [9.17, 15) is 17.8 Å². The van der Waals surface area contributed by atoms with Gasteiger partial charge in [0.15, 0.2) is 0 Å². The van der Waals surface area contributed by atoms with Crippen LogP contribution in [0.4, 0.5) is 0 Å². The van der Waals surface area contributed by atoms with Gasteiger partial charge in [0.1, 0.15) is 22.3 Å². The molecule has 250 valence electrons. The molecule has 0 unspecified atom stereocenters. The highest BCUT2D eigenvalue weighted by Gasteiger charge is 2.19. The Morgan fingerprint density at radius 1 is 0.333 bits per heavy atom. The Bertz CT molecular complexity index is 4760. The number of fused-ring (bicyclic) bond motifs is 11. The van der Waals surface area contributed by atoms with Gasteiger partial charge in [-0.15, -0.1) is 0 Å². The maximum absolute atomic E-state index is 9.83. The van der Waals surface area contributed by atoms with Gasteiger partial charge in [-0.05, 0) is 125 Å². The summed E-state index contributed by atoms with van der Waals surface area (Å²) < 4.78 is 222. The second kappa shape index (κ2) is 11.2. The largest absolute Gasteiger partial charge is 0.456 e. The molecular formula is C52H30O2. The molecule has 0 aliphatic heterocycles. The molecule has 2 heteroatoms. The molecule has 0 N–H and O–H groups in total. The van der Waals surface area contributed by atoms with Crippen molar-refractivity contribution in [3.05, 3.63) is 181 Å². The van der Waals surface area contributed by atoms with Crippen LogP contribution in [0.2, 0.25) is 0 Å². The molecule has 0 aliphatic carbocycles. The van der Waals surface area contributed by atoms with Crippen molar-refractivity contribution < 1.29 is 40.4 Å². The molecule has 0 spiro atoms. The fourth-order valence-electron chi connectivity index (χ4n) is 7.25. The van der Waals surface area contributed by atoms with Crippen LogP contribution in [0, 0.1) is 0 Å². The minimum atomic E-state index is -0.921. The molecule has 12 aromatic rings. The van der Waals surface area contributed by atoms with Crippen molar-refractivity contribution in [1.29, 1.82) is 0 Å². The number of hydrogen-bond acceptors (Lipinski definition) is 2. The molecular weight excluding hydrogens is 657 g/mol. The molecule has 0 aliphatic rings. The first kappa shape index (κ1) is 15.1. The third kappa shape index (κ3) is 4.28. The SMILES string of the molecule is [2H]c1c([2H])c([2H])c2c(oc3c([2H])c([2H])c4oc5c([2H])c(-c6c([2H])c([2H])c7c([2H])c(-c8c9c([2H])c([2H])c([2H])c([2H])c9c(-c9ccc%10ccccc%10c9)c9c([2H])c([2H])c([2H])c([2H])c89)c([2H])c([2H])c7c6[2H])c([2H])c([2H])c5c4c32)c1[2H]. The van der Waals surface area contributed by atoms with Gasteiger partial charge in [0, 0.05) is 21.5 Å². The second-order valence-electron chi connectivity index (χ2n) is 12.6. The fraction of sp³-hybridized carbons (Fsp3) is 0. The number of para-hydroxylation sites is 1. The molecule has 0 bridgehead atoms. The molecule has 0 amide bonds. The number of furan rings is 2. The molecule has 0 saturated carbocycles. The predicted molar refractivity (Wildman–Crippen MR) is 227 cm³/mol. The van der Waals surface area contributed by atoms with Gasteiger partial charge in [0.25, 0.3) is 0 Å². The lowest BCUT2D eigenvalue weighted by Gasteiger charge is -2.18. The van der Waals surface area contributed by atoms with Gasteiger partial charge in [-0.3, -0.25) is 0 Å². The van der Waals surface area contributed by atoms with E-state index in [4.69, 9.17) is 22.5 Å². The van der Waals surface area contributed by atoms with Crippen LogP contribution in [0.15, 0.2) is 190 Å². The summed E-state index contributed by atoms with van der Waals surface area (Å²) in [4.78, 5) is 0. The Balaban J connectivity index is 1.20. The zero-order valence-corrected chi connectivity index (χ0v) is 27.4. The molecule has 12 rings (SSSR count). The van der Waals surface area contributed by atoms with E-state index in [0.717, 1.165) is 5.39 Å². The van der Waals surface area contributed by atoms with Crippen LogP contribution in [0.3, 0.4) is 0 Å². The molecule has 0 atom stereocenters. The molecule has 0 fully saturated rings. The zero-order valence-electron chi connectivity index (χ0n) is 50.4. The standard InChI is InChI=1S/C52H30O2/c1-2-10-32-28-37(21-17-31(32)9-1)49-39-11-3-5-13-41(39)50(42-14-6-4-12-40(42)49)38-22-20-33-27-34(18-19-35(33)29-38)36-23-24-44-48(30-36)54-47-26-25-46-51(52(44)47)43-15-7-8-16-45(43)53-46/h1-30H/i3D,4D,5D,6D,7D,8D,11D,12D,13D,14D,15D,16D,18D,19D,20D,22D,23D,24D,25D,26D,27D,29D,30D. The van der Waals surface area contributed by atoms with Crippen molar-refractivity contribution in [1.82, 2.24) is 0 Å². The van der Waals surface area contributed by atoms with Crippen LogP contribution in [-0.4, -0.2) is 0 Å². The normalized spacial score (nSPS) is 18.0. The number of rotatable bonds is 3. The van der Waals surface area contributed by atoms with E-state index >= 15 is 0 Å². The highest BCUT2D eigenvalue weighted by Crippen LogP contribution is 2.45. The Labute approximate surface area is 342 Å². The molecule has 0 saturated heterocycles. The van der Waals surface area contributed by atoms with Gasteiger partial charge >= 0.3 is 0 Å². The highest BCUT2D eigenvalue weighted by atomic mass is 16.3. The fourth-order valence-corrected chi connectivity index (χ4v) is 7.25. The lowest BCUT2D eigenvalue weighted by molar-refractivity contribution is 0.663. The van der Waals surface area contributed by atoms with Gasteiger partial charge in [-0.2, -0.15) is 0 Å². The van der Waals surface area contributed by atoms with Crippen LogP contribution < -0.4 is 0 Å². The average Bonchev–Trinajstić information content (AvgIpc) is 4.05. The van der Waals surface area contributed by atoms with E-state index in [2.05, 4.69) is 0 Å². The summed E-state index contributed by atoms with van der Waals surface area (Å²) in [6.45, 7) is 0. The highest BCUT2D eigenvalue weighted by molar-refractivity contribution is 6.26. The first-order chi connectivity index (χ1) is 36.4. The summed E-state index contributed by atoms with van der Waals surface area (Å²) >= 11 is 0. The predicted octanol–water partition coefficient (Wildman–Crippen LogP) is 15.1. The first-order valence-corrected chi connectivity index (χ1v) is 16.6. The molecule has 0 radical (unpaired) electrons. The maximum atomic E-state index is 9.83. The summed E-state index contributed by atoms with van der Waals surface area (Å²) in [5, 5.41) is -2.03.